The van der Waals surface area contributed by atoms with Crippen molar-refractivity contribution < 1.29 is 4.52 Å². The lowest BCUT2D eigenvalue weighted by atomic mass is 10.2. The van der Waals surface area contributed by atoms with E-state index in [-0.39, 0.29) is 0 Å². The first-order valence-electron chi connectivity index (χ1n) is 4.94. The first kappa shape index (κ1) is 9.76. The number of nitrogens with zero attached hydrogens (tertiary/aromatic N) is 2. The monoisotopic (exact) mass is 206 g/mol. The van der Waals surface area contributed by atoms with Gasteiger partial charge in [0, 0.05) is 18.2 Å². The first-order valence-corrected chi connectivity index (χ1v) is 4.94. The molecule has 5 heteroatoms. The second-order valence-corrected chi connectivity index (χ2v) is 3.70. The fourth-order valence-corrected chi connectivity index (χ4v) is 1.21. The highest BCUT2D eigenvalue weighted by Gasteiger charge is 2.07. The van der Waals surface area contributed by atoms with Crippen LogP contribution >= 0.6 is 0 Å². The summed E-state index contributed by atoms with van der Waals surface area (Å²) in [7, 11) is 0. The number of H-pyrrole nitrogens is 1. The van der Waals surface area contributed by atoms with Gasteiger partial charge in [-0.05, 0) is 6.07 Å². The molecule has 0 amide bonds. The van der Waals surface area contributed by atoms with Crippen LogP contribution in [0.3, 0.4) is 0 Å². The molecule has 2 rings (SSSR count). The summed E-state index contributed by atoms with van der Waals surface area (Å²) in [6.07, 6.45) is 1.72. The minimum absolute atomic E-state index is 0.361. The minimum atomic E-state index is 0.361. The quantitative estimate of drug-likeness (QED) is 0.804. The molecule has 2 aromatic rings. The number of nitrogens with one attached hydrogen (secondary N) is 2. The van der Waals surface area contributed by atoms with Gasteiger partial charge in [-0.2, -0.15) is 5.10 Å². The van der Waals surface area contributed by atoms with Crippen molar-refractivity contribution in [1.29, 1.82) is 0 Å². The number of aromatic amines is 1. The maximum absolute atomic E-state index is 5.16. The third-order valence-electron chi connectivity index (χ3n) is 2.12. The topological polar surface area (TPSA) is 66.7 Å². The van der Waals surface area contributed by atoms with Crippen molar-refractivity contribution in [2.45, 2.75) is 26.3 Å². The Morgan fingerprint density at radius 3 is 3.00 bits per heavy atom. The van der Waals surface area contributed by atoms with Crippen molar-refractivity contribution in [1.82, 2.24) is 15.4 Å². The number of anilines is 1. The number of aromatic nitrogens is 3. The highest BCUT2D eigenvalue weighted by Crippen LogP contribution is 2.17. The van der Waals surface area contributed by atoms with Gasteiger partial charge in [-0.3, -0.25) is 5.10 Å². The van der Waals surface area contributed by atoms with E-state index in [4.69, 9.17) is 4.52 Å². The van der Waals surface area contributed by atoms with E-state index < -0.39 is 0 Å². The lowest BCUT2D eigenvalue weighted by Gasteiger charge is -1.97. The molecular formula is C10H14N4O. The summed E-state index contributed by atoms with van der Waals surface area (Å²) < 4.78 is 5.16. The van der Waals surface area contributed by atoms with E-state index in [1.807, 2.05) is 12.1 Å². The Morgan fingerprint density at radius 1 is 1.53 bits per heavy atom. The molecule has 5 nitrogen and oxygen atoms in total. The molecule has 0 aliphatic rings. The molecule has 0 aliphatic carbocycles. The number of hydrogen-bond donors (Lipinski definition) is 2. The van der Waals surface area contributed by atoms with Crippen molar-refractivity contribution in [2.24, 2.45) is 0 Å². The lowest BCUT2D eigenvalue weighted by Crippen LogP contribution is -1.99. The van der Waals surface area contributed by atoms with Crippen molar-refractivity contribution in [3.63, 3.8) is 0 Å². The van der Waals surface area contributed by atoms with E-state index in [2.05, 4.69) is 34.5 Å². The van der Waals surface area contributed by atoms with Gasteiger partial charge in [-0.1, -0.05) is 19.0 Å². The van der Waals surface area contributed by atoms with Gasteiger partial charge in [-0.25, -0.2) is 0 Å². The molecule has 0 spiro atoms. The van der Waals surface area contributed by atoms with Gasteiger partial charge < -0.3 is 9.84 Å². The molecule has 0 saturated carbocycles. The maximum Gasteiger partial charge on any atom is 0.169 e. The van der Waals surface area contributed by atoms with Gasteiger partial charge >= 0.3 is 0 Å². The van der Waals surface area contributed by atoms with Gasteiger partial charge in [0.15, 0.2) is 5.82 Å². The molecule has 0 unspecified atom stereocenters. The average Bonchev–Trinajstić information content (AvgIpc) is 2.86. The van der Waals surface area contributed by atoms with Crippen LogP contribution in [0.5, 0.6) is 0 Å². The summed E-state index contributed by atoms with van der Waals surface area (Å²) in [4.78, 5) is 0. The van der Waals surface area contributed by atoms with Crippen LogP contribution in [0.4, 0.5) is 5.82 Å². The zero-order valence-corrected chi connectivity index (χ0v) is 8.82. The van der Waals surface area contributed by atoms with Gasteiger partial charge in [0.05, 0.1) is 12.2 Å². The zero-order chi connectivity index (χ0) is 10.7. The van der Waals surface area contributed by atoms with E-state index in [1.54, 1.807) is 6.20 Å². The van der Waals surface area contributed by atoms with Crippen molar-refractivity contribution in [3.8, 4) is 0 Å². The molecule has 0 fully saturated rings. The SMILES string of the molecule is CC(C)c1cc(NCc2ccn[nH]2)no1. The highest BCUT2D eigenvalue weighted by atomic mass is 16.5. The second kappa shape index (κ2) is 4.16. The Labute approximate surface area is 87.9 Å². The van der Waals surface area contributed by atoms with Crippen LogP contribution in [0.15, 0.2) is 22.9 Å². The van der Waals surface area contributed by atoms with Crippen LogP contribution in [-0.2, 0) is 6.54 Å². The molecule has 0 bridgehead atoms. The van der Waals surface area contributed by atoms with Gasteiger partial charge in [-0.15, -0.1) is 0 Å². The fourth-order valence-electron chi connectivity index (χ4n) is 1.21. The molecule has 0 aromatic carbocycles. The number of rotatable bonds is 4. The largest absolute Gasteiger partial charge is 0.362 e. The normalized spacial score (nSPS) is 10.9. The Morgan fingerprint density at radius 2 is 2.40 bits per heavy atom. The molecule has 2 aromatic heterocycles. The van der Waals surface area contributed by atoms with Crippen LogP contribution in [0, 0.1) is 0 Å². The third-order valence-corrected chi connectivity index (χ3v) is 2.12. The Hall–Kier alpha value is -1.78. The summed E-state index contributed by atoms with van der Waals surface area (Å²) >= 11 is 0. The zero-order valence-electron chi connectivity index (χ0n) is 8.82. The lowest BCUT2D eigenvalue weighted by molar-refractivity contribution is 0.373. The van der Waals surface area contributed by atoms with Crippen LogP contribution in [-0.4, -0.2) is 15.4 Å². The van der Waals surface area contributed by atoms with Gasteiger partial charge in [0.1, 0.15) is 5.76 Å². The molecule has 2 N–H and O–H groups in total. The molecule has 15 heavy (non-hydrogen) atoms. The van der Waals surface area contributed by atoms with Gasteiger partial charge in [0.25, 0.3) is 0 Å². The van der Waals surface area contributed by atoms with Crippen LogP contribution in [0.2, 0.25) is 0 Å². The second-order valence-electron chi connectivity index (χ2n) is 3.70. The number of hydrogen-bond acceptors (Lipinski definition) is 4. The molecule has 0 atom stereocenters. The summed E-state index contributed by atoms with van der Waals surface area (Å²) in [5.74, 6) is 2.01. The summed E-state index contributed by atoms with van der Waals surface area (Å²) in [6.45, 7) is 4.81. The van der Waals surface area contributed by atoms with E-state index in [0.717, 1.165) is 17.3 Å². The van der Waals surface area contributed by atoms with Gasteiger partial charge in [0.2, 0.25) is 0 Å². The van der Waals surface area contributed by atoms with E-state index in [0.29, 0.717) is 12.5 Å². The van der Waals surface area contributed by atoms with E-state index in [9.17, 15) is 0 Å². The third kappa shape index (κ3) is 2.37. The Kier molecular flexibility index (Phi) is 2.71. The fraction of sp³-hybridized carbons (Fsp3) is 0.400. The molecule has 2 heterocycles. The Balaban J connectivity index is 1.94. The summed E-state index contributed by atoms with van der Waals surface area (Å²) in [5, 5.41) is 13.8. The van der Waals surface area contributed by atoms with Crippen LogP contribution in [0.1, 0.15) is 31.2 Å². The van der Waals surface area contributed by atoms with E-state index >= 15 is 0 Å². The van der Waals surface area contributed by atoms with Crippen molar-refractivity contribution in [2.75, 3.05) is 5.32 Å². The summed E-state index contributed by atoms with van der Waals surface area (Å²) in [5.41, 5.74) is 1.02. The smallest absolute Gasteiger partial charge is 0.169 e. The minimum Gasteiger partial charge on any atom is -0.362 e. The molecular weight excluding hydrogens is 192 g/mol. The predicted octanol–water partition coefficient (Wildman–Crippen LogP) is 2.13. The Bertz CT molecular complexity index is 405. The molecule has 80 valence electrons. The molecule has 0 aliphatic heterocycles. The van der Waals surface area contributed by atoms with Crippen LogP contribution < -0.4 is 5.32 Å². The standard InChI is InChI=1S/C10H14N4O/c1-7(2)9-5-10(14-15-9)11-6-8-3-4-12-13-8/h3-5,7H,6H2,1-2H3,(H,11,14)(H,12,13). The van der Waals surface area contributed by atoms with E-state index in [1.165, 1.54) is 0 Å². The highest BCUT2D eigenvalue weighted by molar-refractivity contribution is 5.34. The molecule has 0 radical (unpaired) electrons. The summed E-state index contributed by atoms with van der Waals surface area (Å²) in [6, 6.07) is 3.83. The molecule has 0 saturated heterocycles. The maximum atomic E-state index is 5.16. The first-order chi connectivity index (χ1) is 7.25. The van der Waals surface area contributed by atoms with Crippen molar-refractivity contribution >= 4 is 5.82 Å². The average molecular weight is 206 g/mol. The predicted molar refractivity (Wildman–Crippen MR) is 56.5 cm³/mol. The van der Waals surface area contributed by atoms with Crippen LogP contribution in [0.25, 0.3) is 0 Å². The van der Waals surface area contributed by atoms with Crippen molar-refractivity contribution in [3.05, 3.63) is 29.8 Å².